The van der Waals surface area contributed by atoms with Crippen LogP contribution in [0.5, 0.6) is 0 Å². The highest BCUT2D eigenvalue weighted by Gasteiger charge is 2.25. The van der Waals surface area contributed by atoms with E-state index < -0.39 is 5.41 Å². The SMILES string of the molecule is CC(C)(C)C(=O)c1ccc(-c2ccc(NC(=O)c3ccc(N)cc3)cc2)o1. The number of ketones is 1. The third-order valence-corrected chi connectivity index (χ3v) is 4.11. The van der Waals surface area contributed by atoms with Crippen LogP contribution >= 0.6 is 0 Å². The fraction of sp³-hybridized carbons (Fsp3) is 0.182. The standard InChI is InChI=1S/C22H22N2O3/c1-22(2,3)20(25)19-13-12-18(27-19)14-6-10-17(11-7-14)24-21(26)15-4-8-16(23)9-5-15/h4-13H,23H2,1-3H3,(H,24,26). The Morgan fingerprint density at radius 2 is 1.52 bits per heavy atom. The Labute approximate surface area is 158 Å². The van der Waals surface area contributed by atoms with Crippen molar-refractivity contribution in [2.45, 2.75) is 20.8 Å². The number of anilines is 2. The van der Waals surface area contributed by atoms with E-state index in [0.717, 1.165) is 5.56 Å². The molecule has 0 fully saturated rings. The first-order valence-corrected chi connectivity index (χ1v) is 8.66. The van der Waals surface area contributed by atoms with Crippen LogP contribution < -0.4 is 11.1 Å². The summed E-state index contributed by atoms with van der Waals surface area (Å²) in [5, 5.41) is 2.84. The average Bonchev–Trinajstić information content (AvgIpc) is 3.11. The average molecular weight is 362 g/mol. The maximum absolute atomic E-state index is 12.3. The number of hydrogen-bond acceptors (Lipinski definition) is 4. The third-order valence-electron chi connectivity index (χ3n) is 4.11. The quantitative estimate of drug-likeness (QED) is 0.505. The first-order chi connectivity index (χ1) is 12.7. The second kappa shape index (κ2) is 7.11. The lowest BCUT2D eigenvalue weighted by Crippen LogP contribution is -2.19. The van der Waals surface area contributed by atoms with Crippen molar-refractivity contribution >= 4 is 23.1 Å². The smallest absolute Gasteiger partial charge is 0.255 e. The number of furan rings is 1. The Balaban J connectivity index is 1.72. The topological polar surface area (TPSA) is 85.3 Å². The fourth-order valence-corrected chi connectivity index (χ4v) is 2.54. The van der Waals surface area contributed by atoms with Crippen LogP contribution in [-0.4, -0.2) is 11.7 Å². The fourth-order valence-electron chi connectivity index (χ4n) is 2.54. The molecule has 0 saturated heterocycles. The van der Waals surface area contributed by atoms with E-state index in [2.05, 4.69) is 5.32 Å². The van der Waals surface area contributed by atoms with Crippen LogP contribution in [0, 0.1) is 5.41 Å². The molecule has 1 heterocycles. The van der Waals surface area contributed by atoms with E-state index in [1.54, 1.807) is 48.5 Å². The van der Waals surface area contributed by atoms with Crippen LogP contribution in [0.25, 0.3) is 11.3 Å². The number of amides is 1. The monoisotopic (exact) mass is 362 g/mol. The Kier molecular flexibility index (Phi) is 4.86. The molecule has 2 aromatic carbocycles. The molecule has 27 heavy (non-hydrogen) atoms. The van der Waals surface area contributed by atoms with E-state index in [4.69, 9.17) is 10.2 Å². The molecule has 0 bridgehead atoms. The first-order valence-electron chi connectivity index (χ1n) is 8.66. The minimum Gasteiger partial charge on any atom is -0.453 e. The van der Waals surface area contributed by atoms with Gasteiger partial charge in [-0.2, -0.15) is 0 Å². The molecule has 3 rings (SSSR count). The van der Waals surface area contributed by atoms with Gasteiger partial charge in [-0.15, -0.1) is 0 Å². The number of nitrogens with two attached hydrogens (primary N) is 1. The number of rotatable bonds is 4. The van der Waals surface area contributed by atoms with E-state index in [9.17, 15) is 9.59 Å². The zero-order valence-corrected chi connectivity index (χ0v) is 15.6. The molecule has 0 unspecified atom stereocenters. The second-order valence-corrected chi connectivity index (χ2v) is 7.40. The van der Waals surface area contributed by atoms with Gasteiger partial charge in [0.1, 0.15) is 5.76 Å². The summed E-state index contributed by atoms with van der Waals surface area (Å²) in [4.78, 5) is 24.5. The molecule has 0 spiro atoms. The summed E-state index contributed by atoms with van der Waals surface area (Å²) in [7, 11) is 0. The molecule has 3 N–H and O–H groups in total. The molecule has 0 aliphatic heterocycles. The van der Waals surface area contributed by atoms with Crippen molar-refractivity contribution < 1.29 is 14.0 Å². The van der Waals surface area contributed by atoms with Crippen LogP contribution in [0.4, 0.5) is 11.4 Å². The highest BCUT2D eigenvalue weighted by Crippen LogP contribution is 2.28. The molecule has 0 atom stereocenters. The van der Waals surface area contributed by atoms with Gasteiger partial charge in [0.15, 0.2) is 5.76 Å². The summed E-state index contributed by atoms with van der Waals surface area (Å²) in [6, 6.07) is 17.4. The Morgan fingerprint density at radius 3 is 2.11 bits per heavy atom. The lowest BCUT2D eigenvalue weighted by Gasteiger charge is -2.14. The molecular formula is C22H22N2O3. The molecule has 5 heteroatoms. The molecule has 0 aliphatic rings. The molecule has 5 nitrogen and oxygen atoms in total. The zero-order chi connectivity index (χ0) is 19.6. The van der Waals surface area contributed by atoms with Crippen molar-refractivity contribution in [2.24, 2.45) is 5.41 Å². The Morgan fingerprint density at radius 1 is 0.889 bits per heavy atom. The van der Waals surface area contributed by atoms with Crippen molar-refractivity contribution in [2.75, 3.05) is 11.1 Å². The Bertz CT molecular complexity index is 962. The molecule has 0 radical (unpaired) electrons. The molecule has 1 aromatic heterocycles. The van der Waals surface area contributed by atoms with Crippen LogP contribution in [0.3, 0.4) is 0 Å². The second-order valence-electron chi connectivity index (χ2n) is 7.40. The lowest BCUT2D eigenvalue weighted by molar-refractivity contribution is 0.0829. The van der Waals surface area contributed by atoms with Gasteiger partial charge < -0.3 is 15.5 Å². The zero-order valence-electron chi connectivity index (χ0n) is 15.6. The molecule has 0 aliphatic carbocycles. The van der Waals surface area contributed by atoms with Gasteiger partial charge in [-0.3, -0.25) is 9.59 Å². The predicted octanol–water partition coefficient (Wildman–Crippen LogP) is 5.01. The maximum atomic E-state index is 12.3. The van der Waals surface area contributed by atoms with Gasteiger partial charge in [-0.1, -0.05) is 20.8 Å². The minimum absolute atomic E-state index is 0.0406. The van der Waals surface area contributed by atoms with Gasteiger partial charge in [0.05, 0.1) is 0 Å². The van der Waals surface area contributed by atoms with Crippen LogP contribution in [0.1, 0.15) is 41.7 Å². The van der Waals surface area contributed by atoms with E-state index >= 15 is 0 Å². The largest absolute Gasteiger partial charge is 0.453 e. The molecule has 3 aromatic rings. The third kappa shape index (κ3) is 4.26. The summed E-state index contributed by atoms with van der Waals surface area (Å²) in [6.07, 6.45) is 0. The Hall–Kier alpha value is -3.34. The van der Waals surface area contributed by atoms with Crippen molar-refractivity contribution in [1.82, 2.24) is 0 Å². The van der Waals surface area contributed by atoms with E-state index in [1.165, 1.54) is 0 Å². The van der Waals surface area contributed by atoms with Crippen molar-refractivity contribution in [3.8, 4) is 11.3 Å². The summed E-state index contributed by atoms with van der Waals surface area (Å²) < 4.78 is 5.71. The number of nitrogen functional groups attached to an aromatic ring is 1. The normalized spacial score (nSPS) is 11.2. The van der Waals surface area contributed by atoms with Gasteiger partial charge in [0, 0.05) is 27.9 Å². The van der Waals surface area contributed by atoms with E-state index in [0.29, 0.717) is 28.5 Å². The molecular weight excluding hydrogens is 340 g/mol. The van der Waals surface area contributed by atoms with Crippen LogP contribution in [0.15, 0.2) is 65.1 Å². The number of nitrogens with one attached hydrogen (secondary N) is 1. The van der Waals surface area contributed by atoms with Crippen molar-refractivity contribution in [3.05, 3.63) is 72.0 Å². The van der Waals surface area contributed by atoms with Gasteiger partial charge in [-0.25, -0.2) is 0 Å². The van der Waals surface area contributed by atoms with Gasteiger partial charge in [-0.05, 0) is 60.7 Å². The van der Waals surface area contributed by atoms with E-state index in [1.807, 2.05) is 32.9 Å². The molecule has 0 saturated carbocycles. The summed E-state index contributed by atoms with van der Waals surface area (Å²) >= 11 is 0. The van der Waals surface area contributed by atoms with Gasteiger partial charge in [0.25, 0.3) is 5.91 Å². The number of hydrogen-bond donors (Lipinski definition) is 2. The van der Waals surface area contributed by atoms with E-state index in [-0.39, 0.29) is 11.7 Å². The van der Waals surface area contributed by atoms with Gasteiger partial charge in [0.2, 0.25) is 5.78 Å². The molecule has 1 amide bonds. The van der Waals surface area contributed by atoms with Crippen molar-refractivity contribution in [1.29, 1.82) is 0 Å². The summed E-state index contributed by atoms with van der Waals surface area (Å²) in [5.41, 5.74) is 7.77. The summed E-state index contributed by atoms with van der Waals surface area (Å²) in [6.45, 7) is 5.57. The number of Topliss-reactive ketones (excluding diaryl/α,β-unsaturated/α-hetero) is 1. The number of carbonyl (C=O) groups is 2. The maximum Gasteiger partial charge on any atom is 0.255 e. The number of benzene rings is 2. The minimum atomic E-state index is -0.495. The molecule has 138 valence electrons. The lowest BCUT2D eigenvalue weighted by atomic mass is 9.89. The van der Waals surface area contributed by atoms with Crippen molar-refractivity contribution in [3.63, 3.8) is 0 Å². The predicted molar refractivity (Wildman–Crippen MR) is 107 cm³/mol. The highest BCUT2D eigenvalue weighted by atomic mass is 16.3. The van der Waals surface area contributed by atoms with Gasteiger partial charge >= 0.3 is 0 Å². The first kappa shape index (κ1) is 18.5. The summed E-state index contributed by atoms with van der Waals surface area (Å²) in [5.74, 6) is 0.706. The van der Waals surface area contributed by atoms with Crippen LogP contribution in [-0.2, 0) is 0 Å². The van der Waals surface area contributed by atoms with Crippen LogP contribution in [0.2, 0.25) is 0 Å². The highest BCUT2D eigenvalue weighted by molar-refractivity contribution is 6.04. The number of carbonyl (C=O) groups excluding carboxylic acids is 2.